The average Bonchev–Trinajstić information content (AvgIpc) is 2.34. The van der Waals surface area contributed by atoms with E-state index < -0.39 is 6.10 Å². The Bertz CT molecular complexity index is 161. The standard InChI is InChI=1S/C8H12O2/c1-3-7(9)8-4-6(2)5-10-8/h3-4,7-9H,1,5H2,2H3/t7-,8+/m0/s1. The van der Waals surface area contributed by atoms with Gasteiger partial charge in [-0.2, -0.15) is 0 Å². The zero-order chi connectivity index (χ0) is 7.56. The lowest BCUT2D eigenvalue weighted by Gasteiger charge is -2.10. The van der Waals surface area contributed by atoms with Gasteiger partial charge in [0.2, 0.25) is 0 Å². The van der Waals surface area contributed by atoms with Gasteiger partial charge in [-0.1, -0.05) is 12.2 Å². The van der Waals surface area contributed by atoms with Gasteiger partial charge in [-0.05, 0) is 12.5 Å². The van der Waals surface area contributed by atoms with Gasteiger partial charge in [0.1, 0.15) is 12.2 Å². The van der Waals surface area contributed by atoms with E-state index in [4.69, 9.17) is 4.74 Å². The lowest BCUT2D eigenvalue weighted by atomic mass is 10.2. The van der Waals surface area contributed by atoms with E-state index in [1.807, 2.05) is 13.0 Å². The van der Waals surface area contributed by atoms with Crippen molar-refractivity contribution >= 4 is 0 Å². The lowest BCUT2D eigenvalue weighted by molar-refractivity contribution is 0.0370. The number of aliphatic hydroxyl groups is 1. The smallest absolute Gasteiger partial charge is 0.106 e. The maximum Gasteiger partial charge on any atom is 0.106 e. The first-order valence-electron chi connectivity index (χ1n) is 3.33. The normalized spacial score (nSPS) is 27.8. The molecule has 0 aromatic heterocycles. The van der Waals surface area contributed by atoms with Crippen molar-refractivity contribution in [2.24, 2.45) is 0 Å². The molecule has 0 saturated heterocycles. The quantitative estimate of drug-likeness (QED) is 0.577. The van der Waals surface area contributed by atoms with Gasteiger partial charge in [0.15, 0.2) is 0 Å². The summed E-state index contributed by atoms with van der Waals surface area (Å²) in [6.07, 6.45) is 2.68. The van der Waals surface area contributed by atoms with Crippen LogP contribution in [0.15, 0.2) is 24.3 Å². The fraction of sp³-hybridized carbons (Fsp3) is 0.500. The van der Waals surface area contributed by atoms with E-state index in [1.165, 1.54) is 11.6 Å². The van der Waals surface area contributed by atoms with E-state index in [0.717, 1.165) is 0 Å². The first-order valence-corrected chi connectivity index (χ1v) is 3.33. The topological polar surface area (TPSA) is 29.5 Å². The zero-order valence-electron chi connectivity index (χ0n) is 6.08. The predicted octanol–water partition coefficient (Wildman–Crippen LogP) is 0.878. The first kappa shape index (κ1) is 7.51. The molecule has 0 saturated carbocycles. The van der Waals surface area contributed by atoms with Crippen LogP contribution in [-0.2, 0) is 4.74 Å². The SMILES string of the molecule is C=C[C@H](O)[C@H]1C=C(C)CO1. The molecule has 1 rings (SSSR count). The molecule has 56 valence electrons. The summed E-state index contributed by atoms with van der Waals surface area (Å²) in [5, 5.41) is 9.19. The van der Waals surface area contributed by atoms with Crippen LogP contribution in [0.25, 0.3) is 0 Å². The average molecular weight is 140 g/mol. The van der Waals surface area contributed by atoms with Crippen LogP contribution in [0.1, 0.15) is 6.92 Å². The van der Waals surface area contributed by atoms with E-state index >= 15 is 0 Å². The Morgan fingerprint density at radius 3 is 3.10 bits per heavy atom. The van der Waals surface area contributed by atoms with Crippen LogP contribution in [0.2, 0.25) is 0 Å². The number of hydrogen-bond donors (Lipinski definition) is 1. The molecule has 0 unspecified atom stereocenters. The fourth-order valence-electron chi connectivity index (χ4n) is 0.936. The summed E-state index contributed by atoms with van der Waals surface area (Å²) in [6, 6.07) is 0. The highest BCUT2D eigenvalue weighted by atomic mass is 16.5. The van der Waals surface area contributed by atoms with Crippen LogP contribution in [0.5, 0.6) is 0 Å². The third-order valence-electron chi connectivity index (χ3n) is 1.53. The van der Waals surface area contributed by atoms with Gasteiger partial charge in [-0.25, -0.2) is 0 Å². The van der Waals surface area contributed by atoms with Gasteiger partial charge in [0, 0.05) is 0 Å². The molecule has 0 aromatic carbocycles. The second kappa shape index (κ2) is 2.99. The second-order valence-electron chi connectivity index (χ2n) is 2.51. The van der Waals surface area contributed by atoms with E-state index in [1.54, 1.807) is 0 Å². The largest absolute Gasteiger partial charge is 0.386 e. The zero-order valence-corrected chi connectivity index (χ0v) is 6.08. The molecule has 1 aliphatic rings. The van der Waals surface area contributed by atoms with E-state index in [2.05, 4.69) is 6.58 Å². The minimum atomic E-state index is -0.558. The van der Waals surface area contributed by atoms with Crippen molar-refractivity contribution in [3.05, 3.63) is 24.3 Å². The molecule has 0 aliphatic carbocycles. The molecule has 2 atom stereocenters. The van der Waals surface area contributed by atoms with Crippen molar-refractivity contribution in [3.63, 3.8) is 0 Å². The third-order valence-corrected chi connectivity index (χ3v) is 1.53. The first-order chi connectivity index (χ1) is 4.74. The highest BCUT2D eigenvalue weighted by Gasteiger charge is 2.18. The molecule has 1 heterocycles. The van der Waals surface area contributed by atoms with E-state index in [0.29, 0.717) is 6.61 Å². The monoisotopic (exact) mass is 140 g/mol. The molecular formula is C8H12O2. The lowest BCUT2D eigenvalue weighted by Crippen LogP contribution is -2.21. The van der Waals surface area contributed by atoms with Crippen LogP contribution in [-0.4, -0.2) is 23.9 Å². The number of ether oxygens (including phenoxy) is 1. The Hall–Kier alpha value is -0.600. The van der Waals surface area contributed by atoms with Crippen LogP contribution in [0.3, 0.4) is 0 Å². The second-order valence-corrected chi connectivity index (χ2v) is 2.51. The third kappa shape index (κ3) is 1.46. The summed E-state index contributed by atoms with van der Waals surface area (Å²) >= 11 is 0. The Kier molecular flexibility index (Phi) is 2.25. The van der Waals surface area contributed by atoms with E-state index in [-0.39, 0.29) is 6.10 Å². The minimum Gasteiger partial charge on any atom is -0.386 e. The van der Waals surface area contributed by atoms with Crippen molar-refractivity contribution < 1.29 is 9.84 Å². The molecule has 0 amide bonds. The Labute approximate surface area is 60.8 Å². The van der Waals surface area contributed by atoms with Gasteiger partial charge in [-0.15, -0.1) is 6.58 Å². The van der Waals surface area contributed by atoms with Gasteiger partial charge in [0.05, 0.1) is 6.61 Å². The Balaban J connectivity index is 2.51. The minimum absolute atomic E-state index is 0.169. The molecule has 0 spiro atoms. The molecule has 0 radical (unpaired) electrons. The summed E-state index contributed by atoms with van der Waals surface area (Å²) in [6.45, 7) is 6.09. The Morgan fingerprint density at radius 1 is 2.00 bits per heavy atom. The molecule has 0 fully saturated rings. The van der Waals surface area contributed by atoms with Crippen molar-refractivity contribution in [3.8, 4) is 0 Å². The van der Waals surface area contributed by atoms with E-state index in [9.17, 15) is 5.11 Å². The molecule has 2 heteroatoms. The number of aliphatic hydroxyl groups excluding tert-OH is 1. The predicted molar refractivity (Wildman–Crippen MR) is 39.7 cm³/mol. The van der Waals surface area contributed by atoms with Crippen molar-refractivity contribution in [1.29, 1.82) is 0 Å². The number of hydrogen-bond acceptors (Lipinski definition) is 2. The molecule has 0 aromatic rings. The highest BCUT2D eigenvalue weighted by Crippen LogP contribution is 2.14. The molecule has 1 aliphatic heterocycles. The molecule has 10 heavy (non-hydrogen) atoms. The van der Waals surface area contributed by atoms with Crippen LogP contribution < -0.4 is 0 Å². The summed E-state index contributed by atoms with van der Waals surface area (Å²) in [4.78, 5) is 0. The van der Waals surface area contributed by atoms with Crippen molar-refractivity contribution in [1.82, 2.24) is 0 Å². The summed E-state index contributed by atoms with van der Waals surface area (Å²) < 4.78 is 5.20. The summed E-state index contributed by atoms with van der Waals surface area (Å²) in [5.74, 6) is 0. The van der Waals surface area contributed by atoms with Crippen LogP contribution in [0.4, 0.5) is 0 Å². The van der Waals surface area contributed by atoms with Crippen molar-refractivity contribution in [2.45, 2.75) is 19.1 Å². The van der Waals surface area contributed by atoms with Gasteiger partial charge < -0.3 is 9.84 Å². The molecule has 0 bridgehead atoms. The molecular weight excluding hydrogens is 128 g/mol. The molecule has 2 nitrogen and oxygen atoms in total. The fourth-order valence-corrected chi connectivity index (χ4v) is 0.936. The highest BCUT2D eigenvalue weighted by molar-refractivity contribution is 5.11. The summed E-state index contributed by atoms with van der Waals surface area (Å²) in [7, 11) is 0. The maximum atomic E-state index is 9.19. The summed E-state index contributed by atoms with van der Waals surface area (Å²) in [5.41, 5.74) is 1.17. The molecule has 1 N–H and O–H groups in total. The maximum absolute atomic E-state index is 9.19. The van der Waals surface area contributed by atoms with Gasteiger partial charge >= 0.3 is 0 Å². The van der Waals surface area contributed by atoms with Gasteiger partial charge in [-0.3, -0.25) is 0 Å². The van der Waals surface area contributed by atoms with Crippen molar-refractivity contribution in [2.75, 3.05) is 6.61 Å². The van der Waals surface area contributed by atoms with Gasteiger partial charge in [0.25, 0.3) is 0 Å². The van der Waals surface area contributed by atoms with Crippen LogP contribution >= 0.6 is 0 Å². The van der Waals surface area contributed by atoms with Crippen LogP contribution in [0, 0.1) is 0 Å². The Morgan fingerprint density at radius 2 is 2.70 bits per heavy atom. The number of rotatable bonds is 2.